The lowest BCUT2D eigenvalue weighted by Crippen LogP contribution is -2.67. The molecule has 270 valence electrons. The van der Waals surface area contributed by atoms with Crippen LogP contribution in [0.25, 0.3) is 10.8 Å². The number of carbonyl (C=O) groups excluding carboxylic acids is 1. The number of allylic oxidation sites excluding steroid dienone is 4. The lowest BCUT2D eigenvalue weighted by Gasteiger charge is -2.71. The summed E-state index contributed by atoms with van der Waals surface area (Å²) in [5.74, 6) is -2.47. The molecule has 6 aliphatic carbocycles. The first-order valence-corrected chi connectivity index (χ1v) is 18.6. The Labute approximate surface area is 298 Å². The summed E-state index contributed by atoms with van der Waals surface area (Å²) < 4.78 is 28.7. The van der Waals surface area contributed by atoms with Gasteiger partial charge in [0.2, 0.25) is 0 Å². The Morgan fingerprint density at radius 3 is 2.43 bits per heavy atom. The van der Waals surface area contributed by atoms with Crippen LogP contribution in [0.15, 0.2) is 84.5 Å². The van der Waals surface area contributed by atoms with Crippen molar-refractivity contribution in [2.75, 3.05) is 19.7 Å². The van der Waals surface area contributed by atoms with E-state index in [-0.39, 0.29) is 41.7 Å². The molecule has 0 heterocycles. The van der Waals surface area contributed by atoms with Gasteiger partial charge in [0.15, 0.2) is 17.4 Å². The summed E-state index contributed by atoms with van der Waals surface area (Å²) in [6, 6.07) is 17.7. The lowest BCUT2D eigenvalue weighted by atomic mass is 9.32. The van der Waals surface area contributed by atoms with Crippen LogP contribution in [0.5, 0.6) is 0 Å². The first-order valence-electron chi connectivity index (χ1n) is 18.6. The molecule has 9 atom stereocenters. The van der Waals surface area contributed by atoms with Crippen LogP contribution in [0, 0.1) is 45.1 Å². The maximum Gasteiger partial charge on any atom is 0.189 e. The van der Waals surface area contributed by atoms with E-state index in [0.717, 1.165) is 47.7 Å². The number of benzene rings is 3. The summed E-state index contributed by atoms with van der Waals surface area (Å²) in [6.07, 6.45) is 9.66. The van der Waals surface area contributed by atoms with Gasteiger partial charge in [-0.05, 0) is 96.7 Å². The molecule has 6 aliphatic rings. The highest BCUT2D eigenvalue weighted by molar-refractivity contribution is 6.10. The van der Waals surface area contributed by atoms with Gasteiger partial charge in [0, 0.05) is 47.0 Å². The summed E-state index contributed by atoms with van der Waals surface area (Å²) >= 11 is 0. The van der Waals surface area contributed by atoms with Crippen LogP contribution in [0.3, 0.4) is 0 Å². The Morgan fingerprint density at radius 2 is 1.65 bits per heavy atom. The van der Waals surface area contributed by atoms with Gasteiger partial charge >= 0.3 is 0 Å². The molecule has 3 saturated carbocycles. The molecular weight excluding hydrogens is 648 g/mol. The van der Waals surface area contributed by atoms with E-state index in [1.807, 2.05) is 18.2 Å². The first kappa shape index (κ1) is 34.8. The molecule has 0 aromatic heterocycles. The minimum Gasteiger partial charge on any atom is -0.394 e. The van der Waals surface area contributed by atoms with Crippen LogP contribution in [0.4, 0.5) is 8.78 Å². The van der Waals surface area contributed by atoms with Gasteiger partial charge in [-0.3, -0.25) is 9.69 Å². The molecule has 0 aliphatic heterocycles. The molecule has 4 N–H and O–H groups in total. The van der Waals surface area contributed by atoms with Crippen molar-refractivity contribution < 1.29 is 34.0 Å². The highest BCUT2D eigenvalue weighted by Crippen LogP contribution is 2.78. The van der Waals surface area contributed by atoms with Crippen molar-refractivity contribution in [3.8, 4) is 0 Å². The molecule has 3 aromatic rings. The average Bonchev–Trinajstić information content (AvgIpc) is 3.38. The second-order valence-corrected chi connectivity index (χ2v) is 16.9. The Kier molecular flexibility index (Phi) is 8.28. The molecule has 6 nitrogen and oxygen atoms in total. The largest absolute Gasteiger partial charge is 0.394 e. The van der Waals surface area contributed by atoms with Gasteiger partial charge in [0.05, 0.1) is 24.4 Å². The van der Waals surface area contributed by atoms with E-state index in [4.69, 9.17) is 0 Å². The maximum atomic E-state index is 14.7. The molecule has 51 heavy (non-hydrogen) atoms. The zero-order valence-corrected chi connectivity index (χ0v) is 29.5. The van der Waals surface area contributed by atoms with Gasteiger partial charge in [-0.25, -0.2) is 8.78 Å². The van der Waals surface area contributed by atoms with Crippen molar-refractivity contribution in [2.24, 2.45) is 33.5 Å². The fourth-order valence-electron chi connectivity index (χ4n) is 12.0. The predicted octanol–water partition coefficient (Wildman–Crippen LogP) is 6.75. The van der Waals surface area contributed by atoms with Crippen molar-refractivity contribution in [1.29, 1.82) is 0 Å². The Hall–Kier alpha value is -3.27. The Bertz CT molecular complexity index is 1940. The maximum absolute atomic E-state index is 14.7. The highest BCUT2D eigenvalue weighted by Gasteiger charge is 2.74. The number of rotatable bonds is 9. The quantitative estimate of drug-likeness (QED) is 0.146. The van der Waals surface area contributed by atoms with Crippen molar-refractivity contribution in [3.05, 3.63) is 107 Å². The van der Waals surface area contributed by atoms with Crippen molar-refractivity contribution in [2.45, 2.75) is 83.1 Å². The third-order valence-corrected chi connectivity index (χ3v) is 14.6. The summed E-state index contributed by atoms with van der Waals surface area (Å²) in [7, 11) is 0. The molecule has 0 amide bonds. The minimum atomic E-state index is -1.18. The van der Waals surface area contributed by atoms with Crippen LogP contribution < -0.4 is 0 Å². The number of aliphatic hydroxyl groups is 4. The van der Waals surface area contributed by atoms with E-state index >= 15 is 0 Å². The predicted molar refractivity (Wildman–Crippen MR) is 192 cm³/mol. The van der Waals surface area contributed by atoms with Gasteiger partial charge in [0.1, 0.15) is 0 Å². The molecule has 2 spiro atoms. The van der Waals surface area contributed by atoms with E-state index in [9.17, 15) is 34.0 Å². The van der Waals surface area contributed by atoms with Crippen LogP contribution in [0.2, 0.25) is 0 Å². The van der Waals surface area contributed by atoms with Crippen LogP contribution >= 0.6 is 0 Å². The molecule has 3 aromatic carbocycles. The Morgan fingerprint density at radius 1 is 0.922 bits per heavy atom. The van der Waals surface area contributed by atoms with Crippen molar-refractivity contribution in [1.82, 2.24) is 4.90 Å². The highest BCUT2D eigenvalue weighted by atomic mass is 19.2. The summed E-state index contributed by atoms with van der Waals surface area (Å²) in [6.45, 7) is 4.99. The summed E-state index contributed by atoms with van der Waals surface area (Å²) in [5, 5.41) is 46.8. The monoisotopic (exact) mass is 697 g/mol. The first-order chi connectivity index (χ1) is 24.3. The minimum absolute atomic E-state index is 0.0557. The zero-order chi connectivity index (χ0) is 36.0. The lowest BCUT2D eigenvalue weighted by molar-refractivity contribution is -0.177. The topological polar surface area (TPSA) is 101 Å². The number of carbonyl (C=O) groups is 1. The number of aliphatic hydroxyl groups excluding tert-OH is 3. The molecule has 0 radical (unpaired) electrons. The average molecular weight is 698 g/mol. The second-order valence-electron chi connectivity index (χ2n) is 16.9. The van der Waals surface area contributed by atoms with E-state index in [1.165, 1.54) is 6.07 Å². The molecule has 9 rings (SSSR count). The van der Waals surface area contributed by atoms with Crippen LogP contribution in [-0.2, 0) is 6.54 Å². The standard InChI is InChI=1S/C43H49F2NO5/c1-39-15-12-30(48)21-41(39)18-19-43(33(22-41)38(50)28-10-11-34(44)35(45)20-28)36(39)13-16-40(2)37(43)14-17-42(40,51)26-46(24-31(49)25-47)23-29-8-5-7-27-6-3-4-9-32(27)29/h3-11,18-20,22,30-31,36-37,47-49,51H,12-17,21,23-26H2,1-2H3. The second kappa shape index (κ2) is 12.1. The Balaban J connectivity index is 1.20. The molecule has 9 unspecified atom stereocenters. The smallest absolute Gasteiger partial charge is 0.189 e. The number of fused-ring (bicyclic) bond motifs is 2. The van der Waals surface area contributed by atoms with Crippen LogP contribution in [-0.4, -0.2) is 68.6 Å². The van der Waals surface area contributed by atoms with Gasteiger partial charge in [-0.2, -0.15) is 0 Å². The van der Waals surface area contributed by atoms with Gasteiger partial charge < -0.3 is 20.4 Å². The summed E-state index contributed by atoms with van der Waals surface area (Å²) in [4.78, 5) is 16.7. The number of halogens is 2. The van der Waals surface area contributed by atoms with E-state index in [1.54, 1.807) is 0 Å². The molecular formula is C43H49F2NO5. The third kappa shape index (κ3) is 5.00. The molecule has 2 bridgehead atoms. The van der Waals surface area contributed by atoms with Crippen molar-refractivity contribution in [3.63, 3.8) is 0 Å². The van der Waals surface area contributed by atoms with E-state index in [0.29, 0.717) is 37.8 Å². The van der Waals surface area contributed by atoms with Gasteiger partial charge in [-0.15, -0.1) is 0 Å². The third-order valence-electron chi connectivity index (χ3n) is 14.6. The number of Topliss-reactive ketones (excluding diaryl/α,β-unsaturated/α-hetero) is 1. The van der Waals surface area contributed by atoms with E-state index in [2.05, 4.69) is 61.2 Å². The fourth-order valence-corrected chi connectivity index (χ4v) is 12.0. The zero-order valence-electron chi connectivity index (χ0n) is 29.5. The number of ketones is 1. The molecule has 3 fully saturated rings. The molecule has 0 saturated heterocycles. The number of nitrogens with zero attached hydrogens (tertiary/aromatic N) is 1. The SMILES string of the molecule is CC12CCC(O)CC13C=CC1(C(C(=O)c4ccc(F)c(F)c4)=C3)C2CCC2(C)C1CCC2(O)CN(Cc1cccc2ccccc12)CC(O)CO. The van der Waals surface area contributed by atoms with Crippen molar-refractivity contribution >= 4 is 16.6 Å². The fraction of sp³-hybridized carbons (Fsp3) is 0.512. The number of hydrogen-bond donors (Lipinski definition) is 4. The summed E-state index contributed by atoms with van der Waals surface area (Å²) in [5.41, 5.74) is -1.59. The number of hydrogen-bond acceptors (Lipinski definition) is 6. The molecule has 8 heteroatoms. The van der Waals surface area contributed by atoms with Crippen LogP contribution in [0.1, 0.15) is 74.7 Å². The van der Waals surface area contributed by atoms with Gasteiger partial charge in [0.25, 0.3) is 0 Å². The van der Waals surface area contributed by atoms with E-state index < -0.39 is 52.3 Å². The normalized spacial score (nSPS) is 37.2. The van der Waals surface area contributed by atoms with Gasteiger partial charge in [-0.1, -0.05) is 74.5 Å².